The summed E-state index contributed by atoms with van der Waals surface area (Å²) in [4.78, 5) is 13.8. The molecule has 2 N–H and O–H groups in total. The number of anilines is 1. The largest absolute Gasteiger partial charge is 0.378 e. The summed E-state index contributed by atoms with van der Waals surface area (Å²) in [5.74, 6) is 0. The Morgan fingerprint density at radius 3 is 2.59 bits per heavy atom. The number of halogens is 1. The first kappa shape index (κ1) is 16.5. The van der Waals surface area contributed by atoms with E-state index in [2.05, 4.69) is 46.4 Å². The van der Waals surface area contributed by atoms with E-state index in [0.29, 0.717) is 12.2 Å². The molecule has 5 nitrogen and oxygen atoms in total. The molecule has 0 aliphatic heterocycles. The predicted molar refractivity (Wildman–Crippen MR) is 90.3 cm³/mol. The number of nitrogens with one attached hydrogen (secondary N) is 2. The van der Waals surface area contributed by atoms with Gasteiger partial charge in [0.1, 0.15) is 5.02 Å². The molecule has 1 aromatic carbocycles. The van der Waals surface area contributed by atoms with Gasteiger partial charge in [-0.3, -0.25) is 9.69 Å². The zero-order valence-electron chi connectivity index (χ0n) is 12.9. The molecule has 0 radical (unpaired) electrons. The van der Waals surface area contributed by atoms with Crippen molar-refractivity contribution in [1.82, 2.24) is 15.1 Å². The lowest BCUT2D eigenvalue weighted by atomic mass is 10.1. The van der Waals surface area contributed by atoms with Crippen molar-refractivity contribution in [2.24, 2.45) is 0 Å². The van der Waals surface area contributed by atoms with E-state index in [9.17, 15) is 4.79 Å². The third kappa shape index (κ3) is 4.08. The average Bonchev–Trinajstić information content (AvgIpc) is 2.55. The number of nitrogens with zero attached hydrogens (tertiary/aromatic N) is 2. The second-order valence-corrected chi connectivity index (χ2v) is 5.39. The molecule has 2 aromatic rings. The van der Waals surface area contributed by atoms with E-state index in [1.807, 2.05) is 12.1 Å². The summed E-state index contributed by atoms with van der Waals surface area (Å²) in [5, 5.41) is 9.39. The molecule has 0 bridgehead atoms. The first-order valence-corrected chi connectivity index (χ1v) is 7.79. The summed E-state index contributed by atoms with van der Waals surface area (Å²) in [6.07, 6.45) is 1.52. The van der Waals surface area contributed by atoms with Crippen molar-refractivity contribution in [3.63, 3.8) is 0 Å². The lowest BCUT2D eigenvalue weighted by Crippen LogP contribution is -2.23. The highest BCUT2D eigenvalue weighted by Gasteiger charge is 2.08. The van der Waals surface area contributed by atoms with Crippen molar-refractivity contribution in [2.75, 3.05) is 18.4 Å². The molecule has 2 rings (SSSR count). The van der Waals surface area contributed by atoms with E-state index in [4.69, 9.17) is 11.6 Å². The second kappa shape index (κ2) is 7.96. The number of aromatic amines is 1. The quantitative estimate of drug-likeness (QED) is 0.823. The van der Waals surface area contributed by atoms with Crippen molar-refractivity contribution in [3.8, 4) is 0 Å². The Bertz CT molecular complexity index is 667. The number of H-pyrrole nitrogens is 1. The molecule has 0 saturated heterocycles. The Morgan fingerprint density at radius 2 is 1.91 bits per heavy atom. The van der Waals surface area contributed by atoms with Crippen molar-refractivity contribution < 1.29 is 0 Å². The molecule has 0 atom stereocenters. The van der Waals surface area contributed by atoms with Gasteiger partial charge in [-0.25, -0.2) is 5.10 Å². The molecule has 0 aliphatic carbocycles. The SMILES string of the molecule is CCN(CC)Cc1ccccc1CNc1cn[nH]c(=O)c1Cl. The van der Waals surface area contributed by atoms with E-state index >= 15 is 0 Å². The van der Waals surface area contributed by atoms with Gasteiger partial charge in [-0.15, -0.1) is 0 Å². The number of rotatable bonds is 7. The zero-order chi connectivity index (χ0) is 15.9. The Balaban J connectivity index is 2.13. The van der Waals surface area contributed by atoms with Crippen LogP contribution in [0, 0.1) is 0 Å². The summed E-state index contributed by atoms with van der Waals surface area (Å²) in [7, 11) is 0. The molecular weight excluding hydrogens is 300 g/mol. The lowest BCUT2D eigenvalue weighted by Gasteiger charge is -2.20. The van der Waals surface area contributed by atoms with E-state index < -0.39 is 0 Å². The highest BCUT2D eigenvalue weighted by Crippen LogP contribution is 2.18. The monoisotopic (exact) mass is 320 g/mol. The second-order valence-electron chi connectivity index (χ2n) is 5.01. The van der Waals surface area contributed by atoms with Gasteiger partial charge < -0.3 is 5.32 Å². The van der Waals surface area contributed by atoms with E-state index in [1.54, 1.807) is 0 Å². The third-order valence-electron chi connectivity index (χ3n) is 3.67. The number of hydrogen-bond acceptors (Lipinski definition) is 4. The molecule has 118 valence electrons. The third-order valence-corrected chi connectivity index (χ3v) is 4.05. The normalized spacial score (nSPS) is 10.9. The smallest absolute Gasteiger partial charge is 0.285 e. The molecule has 0 fully saturated rings. The Hall–Kier alpha value is -1.85. The van der Waals surface area contributed by atoms with Gasteiger partial charge in [0, 0.05) is 13.1 Å². The molecule has 22 heavy (non-hydrogen) atoms. The van der Waals surface area contributed by atoms with E-state index in [-0.39, 0.29) is 10.6 Å². The minimum atomic E-state index is -0.386. The maximum absolute atomic E-state index is 11.4. The number of hydrogen-bond donors (Lipinski definition) is 2. The molecular formula is C16H21ClN4O. The van der Waals surface area contributed by atoms with Crippen LogP contribution in [0.2, 0.25) is 5.02 Å². The van der Waals surface area contributed by atoms with Crippen LogP contribution >= 0.6 is 11.6 Å². The first-order valence-electron chi connectivity index (χ1n) is 7.41. The van der Waals surface area contributed by atoms with Crippen molar-refractivity contribution in [2.45, 2.75) is 26.9 Å². The Labute approximate surface area is 135 Å². The topological polar surface area (TPSA) is 61.0 Å². The molecule has 0 spiro atoms. The minimum Gasteiger partial charge on any atom is -0.378 e. The van der Waals surface area contributed by atoms with Gasteiger partial charge in [-0.1, -0.05) is 49.7 Å². The number of aromatic nitrogens is 2. The van der Waals surface area contributed by atoms with Crippen LogP contribution in [0.4, 0.5) is 5.69 Å². The van der Waals surface area contributed by atoms with Gasteiger partial charge in [-0.05, 0) is 24.2 Å². The van der Waals surface area contributed by atoms with Crippen molar-refractivity contribution in [1.29, 1.82) is 0 Å². The molecule has 6 heteroatoms. The number of benzene rings is 1. The van der Waals surface area contributed by atoms with Crippen LogP contribution in [0.1, 0.15) is 25.0 Å². The van der Waals surface area contributed by atoms with Crippen molar-refractivity contribution in [3.05, 3.63) is 57.0 Å². The Kier molecular flexibility index (Phi) is 5.98. The lowest BCUT2D eigenvalue weighted by molar-refractivity contribution is 0.295. The van der Waals surface area contributed by atoms with Gasteiger partial charge in [0.15, 0.2) is 0 Å². The van der Waals surface area contributed by atoms with Crippen LogP contribution < -0.4 is 10.9 Å². The average molecular weight is 321 g/mol. The highest BCUT2D eigenvalue weighted by atomic mass is 35.5. The summed E-state index contributed by atoms with van der Waals surface area (Å²) in [6, 6.07) is 8.28. The summed E-state index contributed by atoms with van der Waals surface area (Å²) in [5.41, 5.74) is 2.62. The maximum atomic E-state index is 11.4. The standard InChI is InChI=1S/C16H21ClN4O/c1-3-21(4-2)11-13-8-6-5-7-12(13)9-18-14-10-19-20-16(22)15(14)17/h5-8,10H,3-4,9,11H2,1-2H3,(H2,18,20,22). The molecule has 0 unspecified atom stereocenters. The van der Waals surface area contributed by atoms with Crippen molar-refractivity contribution >= 4 is 17.3 Å². The van der Waals surface area contributed by atoms with Crippen LogP contribution in [0.5, 0.6) is 0 Å². The zero-order valence-corrected chi connectivity index (χ0v) is 13.7. The van der Waals surface area contributed by atoms with Gasteiger partial charge in [0.2, 0.25) is 0 Å². The molecule has 0 saturated carbocycles. The fourth-order valence-corrected chi connectivity index (χ4v) is 2.43. The van der Waals surface area contributed by atoms with Crippen LogP contribution in [0.25, 0.3) is 0 Å². The van der Waals surface area contributed by atoms with Crippen LogP contribution in [0.15, 0.2) is 35.3 Å². The van der Waals surface area contributed by atoms with Crippen LogP contribution in [-0.4, -0.2) is 28.2 Å². The molecule has 0 amide bonds. The van der Waals surface area contributed by atoms with Gasteiger partial charge in [-0.2, -0.15) is 5.10 Å². The van der Waals surface area contributed by atoms with Gasteiger partial charge in [0.05, 0.1) is 11.9 Å². The fourth-order valence-electron chi connectivity index (χ4n) is 2.27. The molecule has 1 heterocycles. The molecule has 0 aliphatic rings. The van der Waals surface area contributed by atoms with Gasteiger partial charge >= 0.3 is 0 Å². The first-order chi connectivity index (χ1) is 10.7. The minimum absolute atomic E-state index is 0.135. The Morgan fingerprint density at radius 1 is 1.23 bits per heavy atom. The summed E-state index contributed by atoms with van der Waals surface area (Å²) >= 11 is 5.97. The predicted octanol–water partition coefficient (Wildman–Crippen LogP) is 2.88. The summed E-state index contributed by atoms with van der Waals surface area (Å²) in [6.45, 7) is 7.86. The van der Waals surface area contributed by atoms with Crippen LogP contribution in [0.3, 0.4) is 0 Å². The fraction of sp³-hybridized carbons (Fsp3) is 0.375. The van der Waals surface area contributed by atoms with Crippen LogP contribution in [-0.2, 0) is 13.1 Å². The summed E-state index contributed by atoms with van der Waals surface area (Å²) < 4.78 is 0. The van der Waals surface area contributed by atoms with Gasteiger partial charge in [0.25, 0.3) is 5.56 Å². The molecule has 1 aromatic heterocycles. The van der Waals surface area contributed by atoms with E-state index in [1.165, 1.54) is 17.3 Å². The highest BCUT2D eigenvalue weighted by molar-refractivity contribution is 6.32. The maximum Gasteiger partial charge on any atom is 0.285 e. The van der Waals surface area contributed by atoms with E-state index in [0.717, 1.165) is 19.6 Å².